The minimum absolute atomic E-state index is 0.120. The predicted molar refractivity (Wildman–Crippen MR) is 167 cm³/mol. The first-order chi connectivity index (χ1) is 17.5. The second-order valence-corrected chi connectivity index (χ2v) is 17.4. The molecule has 0 radical (unpaired) electrons. The first kappa shape index (κ1) is 33.4. The van der Waals surface area contributed by atoms with E-state index in [1.54, 1.807) is 0 Å². The van der Waals surface area contributed by atoms with Gasteiger partial charge in [0, 0.05) is 34.6 Å². The molecule has 4 nitrogen and oxygen atoms in total. The third kappa shape index (κ3) is 8.61. The fourth-order valence-corrected chi connectivity index (χ4v) is 6.63. The largest absolute Gasteiger partial charge is 0.493 e. The normalized spacial score (nSPS) is 13.5. The first-order valence-electron chi connectivity index (χ1n) is 14.4. The molecule has 0 aliphatic heterocycles. The summed E-state index contributed by atoms with van der Waals surface area (Å²) in [6, 6.07) is 8.34. The summed E-state index contributed by atoms with van der Waals surface area (Å²) in [6.07, 6.45) is 0.239. The minimum atomic E-state index is -3.57. The lowest BCUT2D eigenvalue weighted by Gasteiger charge is -2.31. The Bertz CT molecular complexity index is 1040. The van der Waals surface area contributed by atoms with Crippen LogP contribution in [0, 0.1) is 0 Å². The van der Waals surface area contributed by atoms with E-state index in [1.807, 2.05) is 13.8 Å². The highest BCUT2D eigenvalue weighted by molar-refractivity contribution is 7.56. The summed E-state index contributed by atoms with van der Waals surface area (Å²) in [5.74, 6) is 1.82. The molecule has 0 unspecified atom stereocenters. The van der Waals surface area contributed by atoms with E-state index in [1.165, 1.54) is 0 Å². The molecule has 2 aromatic carbocycles. The van der Waals surface area contributed by atoms with Crippen molar-refractivity contribution >= 4 is 7.37 Å². The molecular formula is C34H55O4P. The third-order valence-electron chi connectivity index (χ3n) is 6.97. The molecule has 39 heavy (non-hydrogen) atoms. The number of ether oxygens (including phenoxy) is 2. The number of benzene rings is 2. The van der Waals surface area contributed by atoms with Crippen LogP contribution in [-0.2, 0) is 38.5 Å². The molecule has 1 N–H and O–H groups in total. The van der Waals surface area contributed by atoms with Crippen LogP contribution >= 0.6 is 7.37 Å². The Labute approximate surface area is 239 Å². The third-order valence-corrected chi connectivity index (χ3v) is 8.68. The van der Waals surface area contributed by atoms with Crippen molar-refractivity contribution in [2.24, 2.45) is 0 Å². The van der Waals surface area contributed by atoms with Crippen molar-refractivity contribution in [2.45, 2.75) is 131 Å². The van der Waals surface area contributed by atoms with E-state index in [4.69, 9.17) is 9.47 Å². The molecule has 2 aromatic rings. The van der Waals surface area contributed by atoms with Crippen molar-refractivity contribution in [1.82, 2.24) is 0 Å². The van der Waals surface area contributed by atoms with Crippen molar-refractivity contribution in [3.05, 3.63) is 57.6 Å². The van der Waals surface area contributed by atoms with E-state index >= 15 is 0 Å². The van der Waals surface area contributed by atoms with E-state index in [0.717, 1.165) is 44.9 Å². The molecule has 0 heterocycles. The van der Waals surface area contributed by atoms with Gasteiger partial charge in [0.25, 0.3) is 0 Å². The fraction of sp³-hybridized carbons (Fsp3) is 0.647. The zero-order valence-corrected chi connectivity index (χ0v) is 28.2. The Balaban J connectivity index is 2.65. The van der Waals surface area contributed by atoms with Crippen LogP contribution in [0.4, 0.5) is 0 Å². The molecule has 0 aliphatic rings. The van der Waals surface area contributed by atoms with Gasteiger partial charge in [-0.1, -0.05) is 107 Å². The Hall–Kier alpha value is -1.77. The van der Waals surface area contributed by atoms with E-state index in [0.29, 0.717) is 13.2 Å². The molecule has 0 fully saturated rings. The summed E-state index contributed by atoms with van der Waals surface area (Å²) >= 11 is 0. The summed E-state index contributed by atoms with van der Waals surface area (Å²) < 4.78 is 26.3. The molecule has 0 aromatic heterocycles. The molecule has 0 spiro atoms. The van der Waals surface area contributed by atoms with Gasteiger partial charge < -0.3 is 14.4 Å². The molecule has 0 bridgehead atoms. The van der Waals surface area contributed by atoms with Gasteiger partial charge >= 0.3 is 0 Å². The van der Waals surface area contributed by atoms with E-state index in [9.17, 15) is 9.46 Å². The van der Waals surface area contributed by atoms with Crippen molar-refractivity contribution in [3.8, 4) is 11.5 Å². The molecule has 5 heteroatoms. The lowest BCUT2D eigenvalue weighted by Crippen LogP contribution is -2.21. The topological polar surface area (TPSA) is 55.8 Å². The zero-order valence-electron chi connectivity index (χ0n) is 27.3. The Morgan fingerprint density at radius 3 is 0.974 bits per heavy atom. The van der Waals surface area contributed by atoms with Crippen LogP contribution < -0.4 is 9.47 Å². The molecular weight excluding hydrogens is 503 g/mol. The average molecular weight is 559 g/mol. The van der Waals surface area contributed by atoms with Crippen LogP contribution in [0.5, 0.6) is 11.5 Å². The van der Waals surface area contributed by atoms with Crippen LogP contribution in [-0.4, -0.2) is 18.1 Å². The molecule has 220 valence electrons. The van der Waals surface area contributed by atoms with Gasteiger partial charge in [0.05, 0.1) is 13.2 Å². The molecule has 0 amide bonds. The van der Waals surface area contributed by atoms with Gasteiger partial charge in [-0.15, -0.1) is 0 Å². The Kier molecular flexibility index (Phi) is 9.96. The standard InChI is InChI=1S/C34H55O4P/c1-15-37-29-25(31(3,4)5)17-23(18-26(29)32(6,7)8)21-39(35,36)22-24-19-27(33(9,10)11)30(38-16-2)28(20-24)34(12,13)14/h17-20H,15-16,21-22H2,1-14H3,(H,35,36). The lowest BCUT2D eigenvalue weighted by molar-refractivity contribution is 0.319. The van der Waals surface area contributed by atoms with Gasteiger partial charge in [-0.05, 0) is 46.6 Å². The second kappa shape index (κ2) is 11.6. The van der Waals surface area contributed by atoms with Crippen LogP contribution in [0.3, 0.4) is 0 Å². The SMILES string of the molecule is CCOc1c(C(C)(C)C)cc(CP(=O)(O)Cc2cc(C(C)(C)C)c(OCC)c(C(C)(C)C)c2)cc1C(C)(C)C. The van der Waals surface area contributed by atoms with Gasteiger partial charge in [0.2, 0.25) is 7.37 Å². The molecule has 2 rings (SSSR count). The van der Waals surface area contributed by atoms with Crippen LogP contribution in [0.1, 0.15) is 130 Å². The van der Waals surface area contributed by atoms with Crippen LogP contribution in [0.25, 0.3) is 0 Å². The Morgan fingerprint density at radius 1 is 0.564 bits per heavy atom. The van der Waals surface area contributed by atoms with Gasteiger partial charge in [-0.25, -0.2) is 0 Å². The van der Waals surface area contributed by atoms with E-state index in [-0.39, 0.29) is 34.0 Å². The van der Waals surface area contributed by atoms with E-state index < -0.39 is 7.37 Å². The van der Waals surface area contributed by atoms with Crippen molar-refractivity contribution in [1.29, 1.82) is 0 Å². The summed E-state index contributed by atoms with van der Waals surface area (Å²) in [4.78, 5) is 11.4. The summed E-state index contributed by atoms with van der Waals surface area (Å²) in [7, 11) is -3.57. The lowest BCUT2D eigenvalue weighted by atomic mass is 9.78. The maximum Gasteiger partial charge on any atom is 0.209 e. The highest BCUT2D eigenvalue weighted by Gasteiger charge is 2.32. The van der Waals surface area contributed by atoms with Gasteiger partial charge in [0.1, 0.15) is 11.5 Å². The highest BCUT2D eigenvalue weighted by Crippen LogP contribution is 2.51. The summed E-state index contributed by atoms with van der Waals surface area (Å²) in [5, 5.41) is 0. The summed E-state index contributed by atoms with van der Waals surface area (Å²) in [5.41, 5.74) is 5.42. The maximum atomic E-state index is 13.9. The quantitative estimate of drug-likeness (QED) is 0.328. The van der Waals surface area contributed by atoms with Crippen LogP contribution in [0.2, 0.25) is 0 Å². The fourth-order valence-electron chi connectivity index (χ4n) is 5.01. The highest BCUT2D eigenvalue weighted by atomic mass is 31.2. The van der Waals surface area contributed by atoms with Crippen molar-refractivity contribution < 1.29 is 18.9 Å². The number of hydrogen-bond acceptors (Lipinski definition) is 3. The minimum Gasteiger partial charge on any atom is -0.493 e. The first-order valence-corrected chi connectivity index (χ1v) is 16.5. The zero-order chi connectivity index (χ0) is 30.2. The molecule has 0 saturated carbocycles. The second-order valence-electron chi connectivity index (χ2n) is 15.1. The number of rotatable bonds is 8. The monoisotopic (exact) mass is 558 g/mol. The van der Waals surface area contributed by atoms with E-state index in [2.05, 4.69) is 107 Å². The molecule has 0 atom stereocenters. The number of hydrogen-bond donors (Lipinski definition) is 1. The van der Waals surface area contributed by atoms with Crippen LogP contribution in [0.15, 0.2) is 24.3 Å². The Morgan fingerprint density at radius 2 is 0.795 bits per heavy atom. The van der Waals surface area contributed by atoms with Gasteiger partial charge in [-0.2, -0.15) is 0 Å². The average Bonchev–Trinajstić information content (AvgIpc) is 2.72. The summed E-state index contributed by atoms with van der Waals surface area (Å²) in [6.45, 7) is 31.2. The maximum absolute atomic E-state index is 13.9. The predicted octanol–water partition coefficient (Wildman–Crippen LogP) is 9.64. The van der Waals surface area contributed by atoms with Gasteiger partial charge in [0.15, 0.2) is 0 Å². The smallest absolute Gasteiger partial charge is 0.209 e. The van der Waals surface area contributed by atoms with Crippen molar-refractivity contribution in [2.75, 3.05) is 13.2 Å². The molecule has 0 saturated heterocycles. The van der Waals surface area contributed by atoms with Crippen molar-refractivity contribution in [3.63, 3.8) is 0 Å². The molecule has 0 aliphatic carbocycles. The van der Waals surface area contributed by atoms with Gasteiger partial charge in [-0.3, -0.25) is 4.57 Å².